The summed E-state index contributed by atoms with van der Waals surface area (Å²) in [7, 11) is 1.94. The van der Waals surface area contributed by atoms with Crippen LogP contribution < -0.4 is 0 Å². The van der Waals surface area contributed by atoms with Gasteiger partial charge in [0.15, 0.2) is 0 Å². The molecule has 1 aromatic carbocycles. The number of rotatable bonds is 14. The monoisotopic (exact) mass is 603 g/mol. The SMILES string of the molecule is CCCCN(C)C(=O)CCCCCCCCCC[C@@H]1Cc2cc(O)ccc2[C@H]2CC[C@]3(C)[C@@H](O)[C@H](Br)C[C@H]3[C@H]12. The molecule has 0 aromatic heterocycles. The number of hydrogen-bond donors (Lipinski definition) is 2. The van der Waals surface area contributed by atoms with Crippen LogP contribution >= 0.6 is 15.9 Å². The minimum Gasteiger partial charge on any atom is -0.508 e. The molecular formula is C34H54BrNO3. The van der Waals surface area contributed by atoms with E-state index in [1.165, 1.54) is 62.5 Å². The fourth-order valence-electron chi connectivity index (χ4n) is 8.46. The molecule has 1 amide bonds. The highest BCUT2D eigenvalue weighted by Crippen LogP contribution is 2.63. The number of aliphatic hydroxyl groups excluding tert-OH is 1. The number of carbonyl (C=O) groups excluding carboxylic acids is 1. The lowest BCUT2D eigenvalue weighted by atomic mass is 9.52. The normalized spacial score (nSPS) is 31.4. The van der Waals surface area contributed by atoms with E-state index in [0.29, 0.717) is 41.7 Å². The molecule has 3 aliphatic carbocycles. The molecule has 220 valence electrons. The van der Waals surface area contributed by atoms with Crippen LogP contribution in [0.1, 0.15) is 127 Å². The van der Waals surface area contributed by atoms with Crippen molar-refractivity contribution in [2.45, 2.75) is 133 Å². The Labute approximate surface area is 246 Å². The third-order valence-electron chi connectivity index (χ3n) is 10.8. The summed E-state index contributed by atoms with van der Waals surface area (Å²) in [6.07, 6.45) is 18.3. The predicted molar refractivity (Wildman–Crippen MR) is 164 cm³/mol. The molecule has 4 rings (SSSR count). The van der Waals surface area contributed by atoms with Gasteiger partial charge in [-0.2, -0.15) is 0 Å². The minimum absolute atomic E-state index is 0.0253. The maximum absolute atomic E-state index is 12.2. The lowest BCUT2D eigenvalue weighted by Crippen LogP contribution is -2.47. The zero-order valence-corrected chi connectivity index (χ0v) is 26.4. The summed E-state index contributed by atoms with van der Waals surface area (Å²) in [5.74, 6) is 3.13. The molecule has 0 bridgehead atoms. The number of phenolic OH excluding ortho intramolecular Hbond substituents is 1. The summed E-state index contributed by atoms with van der Waals surface area (Å²) in [6, 6.07) is 6.10. The number of unbranched alkanes of at least 4 members (excludes halogenated alkanes) is 8. The largest absolute Gasteiger partial charge is 0.508 e. The minimum atomic E-state index is -0.245. The average Bonchev–Trinajstić information content (AvgIpc) is 3.15. The van der Waals surface area contributed by atoms with Gasteiger partial charge in [0, 0.05) is 24.8 Å². The average molecular weight is 605 g/mol. The Balaban J connectivity index is 1.21. The van der Waals surface area contributed by atoms with Crippen LogP contribution in [0.3, 0.4) is 0 Å². The molecule has 5 heteroatoms. The summed E-state index contributed by atoms with van der Waals surface area (Å²) >= 11 is 3.83. The van der Waals surface area contributed by atoms with Crippen molar-refractivity contribution in [1.82, 2.24) is 4.90 Å². The first-order chi connectivity index (χ1) is 18.8. The highest BCUT2D eigenvalue weighted by molar-refractivity contribution is 9.09. The Bertz CT molecular complexity index is 937. The first-order valence-electron chi connectivity index (χ1n) is 16.1. The second-order valence-corrected chi connectivity index (χ2v) is 14.6. The van der Waals surface area contributed by atoms with Crippen LogP contribution in [0.15, 0.2) is 18.2 Å². The van der Waals surface area contributed by atoms with E-state index in [4.69, 9.17) is 0 Å². The van der Waals surface area contributed by atoms with Gasteiger partial charge in [-0.05, 0) is 97.3 Å². The highest BCUT2D eigenvalue weighted by Gasteiger charge is 2.59. The maximum Gasteiger partial charge on any atom is 0.222 e. The number of hydrogen-bond acceptors (Lipinski definition) is 3. The van der Waals surface area contributed by atoms with E-state index >= 15 is 0 Å². The van der Waals surface area contributed by atoms with E-state index in [0.717, 1.165) is 51.5 Å². The number of aliphatic hydroxyl groups is 1. The molecule has 0 spiro atoms. The van der Waals surface area contributed by atoms with E-state index in [-0.39, 0.29) is 16.3 Å². The Morgan fingerprint density at radius 2 is 1.77 bits per heavy atom. The lowest BCUT2D eigenvalue weighted by Gasteiger charge is -2.53. The maximum atomic E-state index is 12.2. The summed E-state index contributed by atoms with van der Waals surface area (Å²) in [4.78, 5) is 14.3. The topological polar surface area (TPSA) is 60.8 Å². The molecule has 39 heavy (non-hydrogen) atoms. The summed E-state index contributed by atoms with van der Waals surface area (Å²) in [5.41, 5.74) is 2.86. The fraction of sp³-hybridized carbons (Fsp3) is 0.794. The van der Waals surface area contributed by atoms with Gasteiger partial charge < -0.3 is 15.1 Å². The molecule has 1 aromatic rings. The Morgan fingerprint density at radius 1 is 1.08 bits per heavy atom. The molecular weight excluding hydrogens is 550 g/mol. The molecule has 2 N–H and O–H groups in total. The molecule has 4 nitrogen and oxygen atoms in total. The van der Waals surface area contributed by atoms with Crippen molar-refractivity contribution in [1.29, 1.82) is 0 Å². The summed E-state index contributed by atoms with van der Waals surface area (Å²) in [6.45, 7) is 5.41. The third-order valence-corrected chi connectivity index (χ3v) is 11.7. The van der Waals surface area contributed by atoms with Crippen molar-refractivity contribution in [3.05, 3.63) is 29.3 Å². The molecule has 0 aliphatic heterocycles. The van der Waals surface area contributed by atoms with Crippen LogP contribution in [-0.2, 0) is 11.2 Å². The first-order valence-corrected chi connectivity index (χ1v) is 17.1. The number of amides is 1. The molecule has 2 fully saturated rings. The standard InChI is InChI=1S/C34H54BrNO3/c1-4-5-20-36(3)31(38)15-13-11-9-7-6-8-10-12-14-24-21-25-22-26(37)16-17-27(25)28-18-19-34(2)29(32(24)28)23-30(35)33(34)39/h16-17,22,24,28-30,32-33,37,39H,4-15,18-21,23H2,1-3H3/t24-,28-,29+,30-,32-,33+,34+/m1/s1. The summed E-state index contributed by atoms with van der Waals surface area (Å²) < 4.78 is 0. The lowest BCUT2D eigenvalue weighted by molar-refractivity contribution is -0.130. The van der Waals surface area contributed by atoms with Gasteiger partial charge in [0.1, 0.15) is 5.75 Å². The molecule has 7 atom stereocenters. The van der Waals surface area contributed by atoms with Crippen molar-refractivity contribution < 1.29 is 15.0 Å². The zero-order valence-electron chi connectivity index (χ0n) is 24.8. The van der Waals surface area contributed by atoms with Crippen molar-refractivity contribution in [2.75, 3.05) is 13.6 Å². The first kappa shape index (κ1) is 30.9. The fourth-order valence-corrected chi connectivity index (χ4v) is 9.47. The van der Waals surface area contributed by atoms with E-state index < -0.39 is 0 Å². The van der Waals surface area contributed by atoms with Gasteiger partial charge in [0.05, 0.1) is 6.10 Å². The number of halogens is 1. The number of fused-ring (bicyclic) bond motifs is 5. The van der Waals surface area contributed by atoms with Gasteiger partial charge in [-0.25, -0.2) is 0 Å². The second kappa shape index (κ2) is 14.2. The van der Waals surface area contributed by atoms with Gasteiger partial charge in [-0.3, -0.25) is 4.79 Å². The van der Waals surface area contributed by atoms with Crippen LogP contribution in [0.2, 0.25) is 0 Å². The van der Waals surface area contributed by atoms with Crippen LogP contribution in [-0.4, -0.2) is 45.5 Å². The number of alkyl halides is 1. The number of phenols is 1. The number of aromatic hydroxyl groups is 1. The Kier molecular flexibility index (Phi) is 11.2. The van der Waals surface area contributed by atoms with Gasteiger partial charge in [0.2, 0.25) is 5.91 Å². The quantitative estimate of drug-likeness (QED) is 0.166. The number of nitrogens with zero attached hydrogens (tertiary/aromatic N) is 1. The molecule has 0 radical (unpaired) electrons. The van der Waals surface area contributed by atoms with Gasteiger partial charge in [0.25, 0.3) is 0 Å². The Hall–Kier alpha value is -1.07. The van der Waals surface area contributed by atoms with Crippen molar-refractivity contribution in [3.63, 3.8) is 0 Å². The molecule has 0 unspecified atom stereocenters. The van der Waals surface area contributed by atoms with E-state index in [1.807, 2.05) is 24.1 Å². The van der Waals surface area contributed by atoms with Gasteiger partial charge in [-0.15, -0.1) is 0 Å². The van der Waals surface area contributed by atoms with Crippen molar-refractivity contribution in [2.24, 2.45) is 23.2 Å². The van der Waals surface area contributed by atoms with Crippen LogP contribution in [0.4, 0.5) is 0 Å². The highest BCUT2D eigenvalue weighted by atomic mass is 79.9. The Morgan fingerprint density at radius 3 is 2.49 bits per heavy atom. The number of carbonyl (C=O) groups is 1. The molecule has 3 aliphatic rings. The smallest absolute Gasteiger partial charge is 0.222 e. The van der Waals surface area contributed by atoms with Gasteiger partial charge >= 0.3 is 0 Å². The third kappa shape index (κ3) is 7.23. The van der Waals surface area contributed by atoms with Crippen LogP contribution in [0, 0.1) is 23.2 Å². The van der Waals surface area contributed by atoms with E-state index in [1.54, 1.807) is 0 Å². The van der Waals surface area contributed by atoms with Crippen molar-refractivity contribution >= 4 is 21.8 Å². The van der Waals surface area contributed by atoms with E-state index in [2.05, 4.69) is 35.8 Å². The van der Waals surface area contributed by atoms with Crippen LogP contribution in [0.25, 0.3) is 0 Å². The van der Waals surface area contributed by atoms with Crippen molar-refractivity contribution in [3.8, 4) is 5.75 Å². The van der Waals surface area contributed by atoms with E-state index in [9.17, 15) is 15.0 Å². The molecule has 2 saturated carbocycles. The zero-order chi connectivity index (χ0) is 28.0. The van der Waals surface area contributed by atoms with Gasteiger partial charge in [-0.1, -0.05) is 87.2 Å². The second-order valence-electron chi connectivity index (χ2n) is 13.4. The predicted octanol–water partition coefficient (Wildman–Crippen LogP) is 8.37. The van der Waals surface area contributed by atoms with Crippen LogP contribution in [0.5, 0.6) is 5.75 Å². The molecule has 0 heterocycles. The molecule has 0 saturated heterocycles. The number of benzene rings is 1. The summed E-state index contributed by atoms with van der Waals surface area (Å²) in [5, 5.41) is 21.3.